The van der Waals surface area contributed by atoms with E-state index >= 15 is 0 Å². The first-order valence-electron chi connectivity index (χ1n) is 5.20. The molecule has 3 nitrogen and oxygen atoms in total. The van der Waals surface area contributed by atoms with Crippen LogP contribution in [0.5, 0.6) is 0 Å². The van der Waals surface area contributed by atoms with Crippen molar-refractivity contribution >= 4 is 10.0 Å². The largest absolute Gasteiger partial charge is 0.233 e. The number of nitrogens with one attached hydrogen (secondary N) is 1. The lowest BCUT2D eigenvalue weighted by Gasteiger charge is -2.27. The van der Waals surface area contributed by atoms with E-state index in [2.05, 4.69) is 11.3 Å². The zero-order valence-electron chi connectivity index (χ0n) is 8.70. The van der Waals surface area contributed by atoms with Gasteiger partial charge in [0, 0.05) is 11.4 Å². The molecule has 4 heteroatoms. The molecule has 0 radical (unpaired) electrons. The van der Waals surface area contributed by atoms with E-state index in [-0.39, 0.29) is 6.04 Å². The highest BCUT2D eigenvalue weighted by Gasteiger charge is 2.22. The van der Waals surface area contributed by atoms with Crippen LogP contribution < -0.4 is 4.72 Å². The van der Waals surface area contributed by atoms with Crippen molar-refractivity contribution in [1.82, 2.24) is 4.72 Å². The monoisotopic (exact) mass is 217 g/mol. The highest BCUT2D eigenvalue weighted by Crippen LogP contribution is 2.26. The molecule has 0 aromatic rings. The lowest BCUT2D eigenvalue weighted by molar-refractivity contribution is 0.303. The van der Waals surface area contributed by atoms with E-state index in [9.17, 15) is 8.42 Å². The van der Waals surface area contributed by atoms with Crippen molar-refractivity contribution in [2.75, 3.05) is 0 Å². The summed E-state index contributed by atoms with van der Waals surface area (Å²) in [6.45, 7) is 5.22. The molecule has 1 fully saturated rings. The number of sulfonamides is 1. The maximum Gasteiger partial charge on any atom is 0.233 e. The third-order valence-electron chi connectivity index (χ3n) is 2.93. The van der Waals surface area contributed by atoms with Crippen molar-refractivity contribution in [3.63, 3.8) is 0 Å². The van der Waals surface area contributed by atoms with Crippen LogP contribution in [0.15, 0.2) is 12.0 Å². The molecule has 0 heterocycles. The molecule has 14 heavy (non-hydrogen) atoms. The minimum atomic E-state index is -3.25. The second kappa shape index (κ2) is 4.94. The van der Waals surface area contributed by atoms with Crippen molar-refractivity contribution in [1.29, 1.82) is 0 Å². The van der Waals surface area contributed by atoms with Crippen LogP contribution in [0.25, 0.3) is 0 Å². The summed E-state index contributed by atoms with van der Waals surface area (Å²) in [5, 5.41) is 0.978. The van der Waals surface area contributed by atoms with Crippen LogP contribution in [0.4, 0.5) is 0 Å². The van der Waals surface area contributed by atoms with E-state index in [1.54, 1.807) is 0 Å². The van der Waals surface area contributed by atoms with E-state index in [0.29, 0.717) is 5.92 Å². The lowest BCUT2D eigenvalue weighted by atomic mass is 9.85. The van der Waals surface area contributed by atoms with Gasteiger partial charge >= 0.3 is 0 Å². The first-order valence-corrected chi connectivity index (χ1v) is 6.74. The molecule has 1 saturated carbocycles. The molecule has 1 atom stereocenters. The number of hydrogen-bond donors (Lipinski definition) is 1. The Hall–Kier alpha value is -0.350. The highest BCUT2D eigenvalue weighted by molar-refractivity contribution is 7.92. The average Bonchev–Trinajstić information content (AvgIpc) is 2.19. The number of rotatable bonds is 4. The molecule has 0 unspecified atom stereocenters. The minimum absolute atomic E-state index is 0.0401. The molecular formula is C10H19NO2S. The second-order valence-corrected chi connectivity index (χ2v) is 5.68. The van der Waals surface area contributed by atoms with Gasteiger partial charge in [0.1, 0.15) is 0 Å². The molecule has 1 aliphatic rings. The molecule has 0 amide bonds. The fourth-order valence-electron chi connectivity index (χ4n) is 2.04. The van der Waals surface area contributed by atoms with E-state index < -0.39 is 10.0 Å². The van der Waals surface area contributed by atoms with Crippen molar-refractivity contribution in [3.8, 4) is 0 Å². The molecule has 0 aromatic carbocycles. The summed E-state index contributed by atoms with van der Waals surface area (Å²) in [4.78, 5) is 0. The predicted octanol–water partition coefficient (Wildman–Crippen LogP) is 2.02. The fraction of sp³-hybridized carbons (Fsp3) is 0.800. The maximum absolute atomic E-state index is 11.2. The van der Waals surface area contributed by atoms with Crippen molar-refractivity contribution in [3.05, 3.63) is 12.0 Å². The van der Waals surface area contributed by atoms with Crippen LogP contribution >= 0.6 is 0 Å². The Morgan fingerprint density at radius 1 is 1.36 bits per heavy atom. The predicted molar refractivity (Wildman–Crippen MR) is 58.3 cm³/mol. The summed E-state index contributed by atoms with van der Waals surface area (Å²) in [5.74, 6) is 0.499. The Balaban J connectivity index is 2.48. The van der Waals surface area contributed by atoms with Gasteiger partial charge in [0.05, 0.1) is 0 Å². The van der Waals surface area contributed by atoms with Crippen LogP contribution in [0.2, 0.25) is 0 Å². The van der Waals surface area contributed by atoms with Crippen LogP contribution in [-0.2, 0) is 10.0 Å². The Labute approximate surface area is 86.6 Å². The Morgan fingerprint density at radius 3 is 2.43 bits per heavy atom. The van der Waals surface area contributed by atoms with Gasteiger partial charge in [0.2, 0.25) is 10.0 Å². The third-order valence-corrected chi connectivity index (χ3v) is 4.07. The summed E-state index contributed by atoms with van der Waals surface area (Å²) in [7, 11) is -3.25. The summed E-state index contributed by atoms with van der Waals surface area (Å²) in [6.07, 6.45) is 6.02. The average molecular weight is 217 g/mol. The molecule has 0 aromatic heterocycles. The zero-order chi connectivity index (χ0) is 10.6. The van der Waals surface area contributed by atoms with Gasteiger partial charge in [-0.15, -0.1) is 0 Å². The Kier molecular flexibility index (Phi) is 4.13. The first kappa shape index (κ1) is 11.7. The molecule has 0 aliphatic heterocycles. The Morgan fingerprint density at radius 2 is 1.93 bits per heavy atom. The highest BCUT2D eigenvalue weighted by atomic mass is 32.2. The molecule has 1 aliphatic carbocycles. The standard InChI is InChI=1S/C10H19NO2S/c1-3-14(12,13)11-9(2)10-7-5-4-6-8-10/h3,9-11H,1,4-8H2,2H3/t9-/m1/s1. The summed E-state index contributed by atoms with van der Waals surface area (Å²) in [5.41, 5.74) is 0. The molecule has 1 N–H and O–H groups in total. The molecule has 1 rings (SSSR count). The SMILES string of the molecule is C=CS(=O)(=O)N[C@H](C)C1CCCCC1. The molecule has 0 spiro atoms. The first-order chi connectivity index (χ1) is 6.55. The van der Waals surface area contributed by atoms with Gasteiger partial charge in [-0.1, -0.05) is 25.8 Å². The second-order valence-electron chi connectivity index (χ2n) is 4.02. The molecular weight excluding hydrogens is 198 g/mol. The van der Waals surface area contributed by atoms with E-state index in [1.165, 1.54) is 19.3 Å². The smallest absolute Gasteiger partial charge is 0.209 e. The van der Waals surface area contributed by atoms with Gasteiger partial charge in [0.25, 0.3) is 0 Å². The van der Waals surface area contributed by atoms with E-state index in [1.807, 2.05) is 6.92 Å². The van der Waals surface area contributed by atoms with E-state index in [0.717, 1.165) is 18.2 Å². The van der Waals surface area contributed by atoms with Gasteiger partial charge in [-0.2, -0.15) is 0 Å². The van der Waals surface area contributed by atoms with Gasteiger partial charge in [-0.25, -0.2) is 13.1 Å². The minimum Gasteiger partial charge on any atom is -0.209 e. The van der Waals surface area contributed by atoms with Crippen molar-refractivity contribution < 1.29 is 8.42 Å². The van der Waals surface area contributed by atoms with Crippen molar-refractivity contribution in [2.24, 2.45) is 5.92 Å². The molecule has 0 saturated heterocycles. The fourth-order valence-corrected chi connectivity index (χ4v) is 2.84. The quantitative estimate of drug-likeness (QED) is 0.783. The van der Waals surface area contributed by atoms with E-state index in [4.69, 9.17) is 0 Å². The third kappa shape index (κ3) is 3.42. The maximum atomic E-state index is 11.2. The summed E-state index contributed by atoms with van der Waals surface area (Å²) in [6, 6.07) is 0.0401. The molecule has 82 valence electrons. The summed E-state index contributed by atoms with van der Waals surface area (Å²) < 4.78 is 25.1. The Bertz CT molecular complexity index is 278. The van der Waals surface area contributed by atoms with Crippen LogP contribution in [0.1, 0.15) is 39.0 Å². The number of hydrogen-bond acceptors (Lipinski definition) is 2. The van der Waals surface area contributed by atoms with Gasteiger partial charge in [0.15, 0.2) is 0 Å². The normalized spacial score (nSPS) is 21.8. The van der Waals surface area contributed by atoms with Crippen LogP contribution in [0.3, 0.4) is 0 Å². The topological polar surface area (TPSA) is 46.2 Å². The van der Waals surface area contributed by atoms with Gasteiger partial charge in [-0.3, -0.25) is 0 Å². The lowest BCUT2D eigenvalue weighted by Crippen LogP contribution is -2.37. The summed E-state index contributed by atoms with van der Waals surface area (Å²) >= 11 is 0. The van der Waals surface area contributed by atoms with Crippen LogP contribution in [0, 0.1) is 5.92 Å². The van der Waals surface area contributed by atoms with Gasteiger partial charge < -0.3 is 0 Å². The van der Waals surface area contributed by atoms with Crippen LogP contribution in [-0.4, -0.2) is 14.5 Å². The zero-order valence-corrected chi connectivity index (χ0v) is 9.52. The van der Waals surface area contributed by atoms with Gasteiger partial charge in [-0.05, 0) is 25.7 Å². The molecule has 0 bridgehead atoms. The van der Waals surface area contributed by atoms with Crippen molar-refractivity contribution in [2.45, 2.75) is 45.1 Å².